The van der Waals surface area contributed by atoms with E-state index >= 15 is 0 Å². The van der Waals surface area contributed by atoms with Gasteiger partial charge in [-0.15, -0.1) is 0 Å². The summed E-state index contributed by atoms with van der Waals surface area (Å²) in [6.45, 7) is 11.3. The molecule has 6 unspecified atom stereocenters. The fourth-order valence-corrected chi connectivity index (χ4v) is 11.0. The first-order valence-corrected chi connectivity index (χ1v) is 14.9. The Balaban J connectivity index is 1.17. The molecule has 1 spiro atoms. The van der Waals surface area contributed by atoms with Crippen molar-refractivity contribution in [2.24, 2.45) is 52.3 Å². The molecule has 4 aliphatic carbocycles. The van der Waals surface area contributed by atoms with E-state index in [0.717, 1.165) is 49.0 Å². The maximum absolute atomic E-state index is 8.40. The highest BCUT2D eigenvalue weighted by Gasteiger charge is 2.68. The van der Waals surface area contributed by atoms with E-state index in [2.05, 4.69) is 42.7 Å². The lowest BCUT2D eigenvalue weighted by atomic mass is 9.44. The van der Waals surface area contributed by atoms with Crippen LogP contribution >= 0.6 is 9.03 Å². The Morgan fingerprint density at radius 2 is 1.76 bits per heavy atom. The molecule has 0 aromatic rings. The number of ether oxygens (including phenoxy) is 1. The minimum Gasteiger partial charge on any atom is -0.357 e. The van der Waals surface area contributed by atoms with Crippen molar-refractivity contribution in [2.75, 3.05) is 6.54 Å². The van der Waals surface area contributed by atoms with Crippen LogP contribution in [-0.4, -0.2) is 29.7 Å². The van der Waals surface area contributed by atoms with Crippen molar-refractivity contribution in [2.45, 2.75) is 110 Å². The van der Waals surface area contributed by atoms with E-state index in [9.17, 15) is 0 Å². The lowest BCUT2D eigenvalue weighted by molar-refractivity contribution is -0.438. The second kappa shape index (κ2) is 8.89. The van der Waals surface area contributed by atoms with Gasteiger partial charge in [0, 0.05) is 12.5 Å². The molecule has 0 aromatic carbocycles. The second-order valence-electron chi connectivity index (χ2n) is 13.6. The minimum absolute atomic E-state index is 0.0554. The summed E-state index contributed by atoms with van der Waals surface area (Å²) in [5.41, 5.74) is 0.819. The molecule has 34 heavy (non-hydrogen) atoms. The van der Waals surface area contributed by atoms with E-state index in [0.29, 0.717) is 28.8 Å². The van der Waals surface area contributed by atoms with Crippen LogP contribution in [0.2, 0.25) is 0 Å². The predicted octanol–water partition coefficient (Wildman–Crippen LogP) is 6.32. The van der Waals surface area contributed by atoms with Gasteiger partial charge < -0.3 is 9.26 Å². The Bertz CT molecular complexity index is 761. The average molecular weight is 496 g/mol. The first-order chi connectivity index (χ1) is 16.3. The summed E-state index contributed by atoms with van der Waals surface area (Å²) in [6, 6.07) is 0. The number of hydrogen-bond acceptors (Lipinski definition) is 6. The van der Waals surface area contributed by atoms with Crippen molar-refractivity contribution < 1.29 is 24.2 Å². The second-order valence-corrected chi connectivity index (χ2v) is 14.1. The van der Waals surface area contributed by atoms with Crippen LogP contribution in [0.25, 0.3) is 0 Å². The molecule has 7 heteroatoms. The minimum atomic E-state index is -0.244. The van der Waals surface area contributed by atoms with Crippen LogP contribution in [0.15, 0.2) is 0 Å². The molecule has 4 saturated carbocycles. The van der Waals surface area contributed by atoms with E-state index in [1.54, 1.807) is 0 Å². The molecule has 2 heterocycles. The molecule has 0 bridgehead atoms. The Kier molecular flexibility index (Phi) is 6.41. The molecule has 13 atom stereocenters. The van der Waals surface area contributed by atoms with Gasteiger partial charge in [-0.25, -0.2) is 5.26 Å². The topological polar surface area (TPSA) is 69.2 Å². The molecule has 6 fully saturated rings. The Morgan fingerprint density at radius 3 is 2.53 bits per heavy atom. The molecule has 0 radical (unpaired) electrons. The first-order valence-electron chi connectivity index (χ1n) is 14.1. The van der Waals surface area contributed by atoms with E-state index < -0.39 is 0 Å². The van der Waals surface area contributed by atoms with Crippen molar-refractivity contribution >= 4 is 9.03 Å². The van der Waals surface area contributed by atoms with Gasteiger partial charge in [0.05, 0.1) is 12.2 Å². The summed E-state index contributed by atoms with van der Waals surface area (Å²) in [7, 11) is -0.244. The molecule has 6 aliphatic rings. The van der Waals surface area contributed by atoms with E-state index in [1.807, 2.05) is 0 Å². The Labute approximate surface area is 207 Å². The van der Waals surface area contributed by atoms with E-state index in [4.69, 9.17) is 14.5 Å². The summed E-state index contributed by atoms with van der Waals surface area (Å²) < 4.78 is 17.5. The van der Waals surface area contributed by atoms with Gasteiger partial charge in [-0.05, 0) is 111 Å². The number of fused-ring (bicyclic) bond motifs is 7. The number of hydrogen-bond donors (Lipinski definition) is 2. The molecule has 6 nitrogen and oxygen atoms in total. The highest BCUT2D eigenvalue weighted by atomic mass is 31.1. The van der Waals surface area contributed by atoms with E-state index in [1.165, 1.54) is 51.4 Å². The number of piperidine rings is 1. The maximum atomic E-state index is 8.40. The zero-order valence-corrected chi connectivity index (χ0v) is 22.6. The van der Waals surface area contributed by atoms with Crippen LogP contribution in [0.5, 0.6) is 0 Å². The molecular formula is C27H46NO5P. The molecule has 0 amide bonds. The van der Waals surface area contributed by atoms with Gasteiger partial charge in [-0.3, -0.25) is 5.32 Å². The monoisotopic (exact) mass is 495 g/mol. The lowest BCUT2D eigenvalue weighted by Gasteiger charge is -2.61. The van der Waals surface area contributed by atoms with Crippen molar-refractivity contribution in [1.82, 2.24) is 5.32 Å². The third-order valence-electron chi connectivity index (χ3n) is 12.4. The Morgan fingerprint density at radius 1 is 0.941 bits per heavy atom. The summed E-state index contributed by atoms with van der Waals surface area (Å²) >= 11 is 0. The van der Waals surface area contributed by atoms with Crippen LogP contribution in [0.1, 0.15) is 91.9 Å². The largest absolute Gasteiger partial charge is 0.357 e. The molecule has 0 aromatic heterocycles. The summed E-state index contributed by atoms with van der Waals surface area (Å²) in [5.74, 6) is 5.37. The quantitative estimate of drug-likeness (QED) is 0.206. The average Bonchev–Trinajstić information content (AvgIpc) is 3.26. The highest BCUT2D eigenvalue weighted by molar-refractivity contribution is 7.26. The third-order valence-corrected chi connectivity index (χ3v) is 13.0. The smallest absolute Gasteiger partial charge is 0.198 e. The van der Waals surface area contributed by atoms with Gasteiger partial charge in [0.2, 0.25) is 0 Å². The van der Waals surface area contributed by atoms with Gasteiger partial charge >= 0.3 is 0 Å². The first kappa shape index (κ1) is 24.5. The zero-order chi connectivity index (χ0) is 23.7. The van der Waals surface area contributed by atoms with Crippen molar-refractivity contribution in [3.05, 3.63) is 0 Å². The summed E-state index contributed by atoms with van der Waals surface area (Å²) in [4.78, 5) is 0. The lowest BCUT2D eigenvalue weighted by Crippen LogP contribution is -2.57. The SMILES string of the molecule is C[C@H]1CC[C@]2(NC1)OC1CC3[C@@H]4CCC5C[C@@H](OPOOO)CC[C@]5(C)C4CC[C@]3(C)C1[C@@H]2C. The molecular weight excluding hydrogens is 449 g/mol. The fourth-order valence-electron chi connectivity index (χ4n) is 10.6. The predicted molar refractivity (Wildman–Crippen MR) is 132 cm³/mol. The highest BCUT2D eigenvalue weighted by Crippen LogP contribution is 2.71. The molecule has 194 valence electrons. The fraction of sp³-hybridized carbons (Fsp3) is 1.00. The van der Waals surface area contributed by atoms with Crippen molar-refractivity contribution in [3.63, 3.8) is 0 Å². The van der Waals surface area contributed by atoms with Crippen LogP contribution in [-0.2, 0) is 19.0 Å². The van der Waals surface area contributed by atoms with Gasteiger partial charge in [-0.2, -0.15) is 4.67 Å². The van der Waals surface area contributed by atoms with Gasteiger partial charge in [0.25, 0.3) is 0 Å². The van der Waals surface area contributed by atoms with Crippen molar-refractivity contribution in [1.29, 1.82) is 0 Å². The van der Waals surface area contributed by atoms with E-state index in [-0.39, 0.29) is 20.9 Å². The standard InChI is InChI=1S/C27H46NO5P/c1-16-7-12-27(28-15-16)17(2)24-23(30-27)14-22-20-6-5-18-13-19(31-34-33-32-29)8-10-25(18,3)21(20)9-11-26(22,24)4/h16-24,28-29,34H,5-15H2,1-4H3/t16-,17-,18?,19-,20+,21?,22?,23?,24?,25-,26-,27-/m0/s1. The van der Waals surface area contributed by atoms with Gasteiger partial charge in [0.1, 0.15) is 5.72 Å². The van der Waals surface area contributed by atoms with Crippen LogP contribution < -0.4 is 5.32 Å². The summed E-state index contributed by atoms with van der Waals surface area (Å²) in [5, 5.41) is 16.0. The number of rotatable bonds is 4. The molecule has 2 aliphatic heterocycles. The normalized spacial score (nSPS) is 56.9. The third kappa shape index (κ3) is 3.61. The van der Waals surface area contributed by atoms with Gasteiger partial charge in [-0.1, -0.05) is 32.7 Å². The maximum Gasteiger partial charge on any atom is 0.198 e. The van der Waals surface area contributed by atoms with Crippen LogP contribution in [0.3, 0.4) is 0 Å². The van der Waals surface area contributed by atoms with Gasteiger partial charge in [0.15, 0.2) is 9.03 Å². The molecule has 2 saturated heterocycles. The Hall–Kier alpha value is 0.190. The van der Waals surface area contributed by atoms with Crippen LogP contribution in [0, 0.1) is 52.3 Å². The molecule has 6 rings (SSSR count). The zero-order valence-electron chi connectivity index (χ0n) is 21.6. The van der Waals surface area contributed by atoms with Crippen molar-refractivity contribution in [3.8, 4) is 0 Å². The van der Waals surface area contributed by atoms with Crippen LogP contribution in [0.4, 0.5) is 0 Å². The number of nitrogens with one attached hydrogen (secondary N) is 1. The summed E-state index contributed by atoms with van der Waals surface area (Å²) in [6.07, 6.45) is 13.4. The molecule has 2 N–H and O–H groups in total.